The third-order valence-corrected chi connectivity index (χ3v) is 15.4. The Morgan fingerprint density at radius 1 is 0.264 bits per heavy atom. The Balaban J connectivity index is 1.18. The van der Waals surface area contributed by atoms with Gasteiger partial charge in [0.05, 0.1) is 0 Å². The molecule has 72 heavy (non-hydrogen) atoms. The van der Waals surface area contributed by atoms with Gasteiger partial charge in [0.25, 0.3) is 0 Å². The smallest absolute Gasteiger partial charge is 0.0470 e. The summed E-state index contributed by atoms with van der Waals surface area (Å²) in [5, 5.41) is 0. The van der Waals surface area contributed by atoms with Crippen LogP contribution in [0.4, 0.5) is 17.1 Å². The minimum absolute atomic E-state index is 0.0240. The van der Waals surface area contributed by atoms with E-state index in [2.05, 4.69) is 292 Å². The molecule has 0 amide bonds. The van der Waals surface area contributed by atoms with Crippen molar-refractivity contribution >= 4 is 17.1 Å². The minimum Gasteiger partial charge on any atom is -0.310 e. The van der Waals surface area contributed by atoms with Gasteiger partial charge < -0.3 is 4.90 Å². The highest BCUT2D eigenvalue weighted by Crippen LogP contribution is 2.51. The van der Waals surface area contributed by atoms with Gasteiger partial charge in [0.1, 0.15) is 0 Å². The van der Waals surface area contributed by atoms with Crippen molar-refractivity contribution in [1.29, 1.82) is 0 Å². The highest BCUT2D eigenvalue weighted by molar-refractivity contribution is 5.88. The second-order valence-electron chi connectivity index (χ2n) is 26.6. The second-order valence-corrected chi connectivity index (χ2v) is 26.6. The van der Waals surface area contributed by atoms with Crippen molar-refractivity contribution in [3.05, 3.63) is 209 Å². The van der Waals surface area contributed by atoms with Crippen LogP contribution in [0.1, 0.15) is 157 Å². The minimum atomic E-state index is -0.136. The van der Waals surface area contributed by atoms with Crippen molar-refractivity contribution in [3.63, 3.8) is 0 Å². The van der Waals surface area contributed by atoms with Gasteiger partial charge in [0, 0.05) is 22.5 Å². The largest absolute Gasteiger partial charge is 0.310 e. The van der Waals surface area contributed by atoms with Crippen molar-refractivity contribution in [1.82, 2.24) is 0 Å². The molecule has 0 spiro atoms. The fourth-order valence-electron chi connectivity index (χ4n) is 10.5. The Bertz CT molecular complexity index is 3270. The summed E-state index contributed by atoms with van der Waals surface area (Å²) < 4.78 is 0. The summed E-state index contributed by atoms with van der Waals surface area (Å²) >= 11 is 0. The number of fused-ring (bicyclic) bond motifs is 3. The zero-order chi connectivity index (χ0) is 51.9. The summed E-state index contributed by atoms with van der Waals surface area (Å²) in [5.74, 6) is 0. The van der Waals surface area contributed by atoms with Crippen LogP contribution < -0.4 is 4.90 Å². The summed E-state index contributed by atoms with van der Waals surface area (Å²) in [4.78, 5) is 2.50. The third kappa shape index (κ3) is 10.0. The van der Waals surface area contributed by atoms with E-state index < -0.39 is 0 Å². The molecule has 0 radical (unpaired) electrons. The van der Waals surface area contributed by atoms with Gasteiger partial charge in [0.15, 0.2) is 0 Å². The van der Waals surface area contributed by atoms with Gasteiger partial charge in [-0.05, 0) is 164 Å². The van der Waals surface area contributed by atoms with Crippen molar-refractivity contribution in [3.8, 4) is 55.6 Å². The molecule has 0 aliphatic heterocycles. The first-order valence-corrected chi connectivity index (χ1v) is 26.4. The lowest BCUT2D eigenvalue weighted by Crippen LogP contribution is -2.17. The van der Waals surface area contributed by atoms with Crippen LogP contribution in [0, 0.1) is 0 Å². The summed E-state index contributed by atoms with van der Waals surface area (Å²) in [6.45, 7) is 39.6. The fourth-order valence-corrected chi connectivity index (χ4v) is 10.5. The molecule has 1 nitrogen and oxygen atoms in total. The Morgan fingerprint density at radius 3 is 1.21 bits per heavy atom. The van der Waals surface area contributed by atoms with Crippen LogP contribution in [-0.2, 0) is 32.5 Å². The molecule has 0 aromatic heterocycles. The van der Waals surface area contributed by atoms with Gasteiger partial charge in [0.2, 0.25) is 0 Å². The zero-order valence-electron chi connectivity index (χ0n) is 46.6. The van der Waals surface area contributed by atoms with Crippen molar-refractivity contribution in [2.24, 2.45) is 0 Å². The first-order chi connectivity index (χ1) is 33.6. The van der Waals surface area contributed by atoms with Crippen LogP contribution in [0.25, 0.3) is 55.6 Å². The quantitative estimate of drug-likeness (QED) is 0.154. The molecule has 0 saturated heterocycles. The maximum Gasteiger partial charge on any atom is 0.0470 e. The van der Waals surface area contributed by atoms with Gasteiger partial charge in [-0.1, -0.05) is 245 Å². The van der Waals surface area contributed by atoms with Crippen molar-refractivity contribution < 1.29 is 0 Å². The Labute approximate surface area is 434 Å². The second kappa shape index (κ2) is 17.9. The van der Waals surface area contributed by atoms with E-state index in [0.29, 0.717) is 0 Å². The molecule has 8 aromatic carbocycles. The lowest BCUT2D eigenvalue weighted by Gasteiger charge is -2.30. The van der Waals surface area contributed by atoms with E-state index in [-0.39, 0.29) is 32.5 Å². The Morgan fingerprint density at radius 2 is 0.667 bits per heavy atom. The predicted octanol–water partition coefficient (Wildman–Crippen LogP) is 20.6. The molecule has 0 saturated carbocycles. The predicted molar refractivity (Wildman–Crippen MR) is 314 cm³/mol. The summed E-state index contributed by atoms with van der Waals surface area (Å²) in [6, 6.07) is 65.5. The van der Waals surface area contributed by atoms with E-state index in [4.69, 9.17) is 0 Å². The molecular formula is C71H79N. The molecule has 1 aliphatic rings. The maximum absolute atomic E-state index is 2.50. The summed E-state index contributed by atoms with van der Waals surface area (Å²) in [7, 11) is 0. The molecule has 8 aromatic rings. The zero-order valence-corrected chi connectivity index (χ0v) is 46.6. The molecule has 0 unspecified atom stereocenters. The SMILES string of the molecule is CC(C)(C)c1ccc(-c2cccc(N(c3cc(-c4ccc(-c5cc(-c6cc(C(C)(C)C)cc(C(C)(C)C)c6)cc(C(C)(C)C)c5)cc4)cc(C(C)(C)C)c3)c3ccc4c(c3)C(C)(C)c3ccccc3-4)c2)cc1. The molecule has 0 fully saturated rings. The van der Waals surface area contributed by atoms with Crippen LogP contribution in [0.2, 0.25) is 0 Å². The van der Waals surface area contributed by atoms with Crippen molar-refractivity contribution in [2.45, 2.75) is 150 Å². The number of nitrogens with zero attached hydrogens (tertiary/aromatic N) is 1. The van der Waals surface area contributed by atoms with Gasteiger partial charge in [-0.15, -0.1) is 0 Å². The van der Waals surface area contributed by atoms with Gasteiger partial charge in [-0.2, -0.15) is 0 Å². The number of rotatable bonds is 7. The summed E-state index contributed by atoms with van der Waals surface area (Å²) in [5.41, 5.74) is 25.3. The van der Waals surface area contributed by atoms with E-state index in [0.717, 1.165) is 17.1 Å². The molecule has 1 aliphatic carbocycles. The van der Waals surface area contributed by atoms with Crippen LogP contribution in [0.5, 0.6) is 0 Å². The topological polar surface area (TPSA) is 3.24 Å². The molecule has 368 valence electrons. The van der Waals surface area contributed by atoms with Crippen LogP contribution in [0.3, 0.4) is 0 Å². The molecule has 0 heterocycles. The standard InChI is InChI=1S/C71H79N/c1-66(2,3)54-31-29-46(30-32-54)49-21-20-22-59(41-49)72(60-33-34-63-62-23-18-19-24-64(62)71(16,17)65(63)45-60)61-42-53(40-58(44-61)70(13,14)15)48-27-25-47(26-28-48)50-35-51(37-55(36-50)67(4,5)6)52-38-56(68(7,8)9)43-57(39-52)69(10,11)12/h18-45H,1-17H3. The van der Waals surface area contributed by atoms with E-state index in [9.17, 15) is 0 Å². The van der Waals surface area contributed by atoms with E-state index in [1.165, 1.54) is 94.6 Å². The van der Waals surface area contributed by atoms with E-state index >= 15 is 0 Å². The lowest BCUT2D eigenvalue weighted by molar-refractivity contribution is 0.569. The first-order valence-electron chi connectivity index (χ1n) is 26.4. The Kier molecular flexibility index (Phi) is 12.6. The third-order valence-electron chi connectivity index (χ3n) is 15.4. The molecule has 0 N–H and O–H groups in total. The van der Waals surface area contributed by atoms with E-state index in [1.807, 2.05) is 0 Å². The average molecular weight is 946 g/mol. The number of hydrogen-bond acceptors (Lipinski definition) is 1. The van der Waals surface area contributed by atoms with Gasteiger partial charge in [-0.25, -0.2) is 0 Å². The highest BCUT2D eigenvalue weighted by atomic mass is 15.1. The van der Waals surface area contributed by atoms with E-state index in [1.54, 1.807) is 0 Å². The van der Waals surface area contributed by atoms with Crippen LogP contribution in [0.15, 0.2) is 170 Å². The normalized spacial score (nSPS) is 13.7. The number of anilines is 3. The maximum atomic E-state index is 2.50. The molecule has 9 rings (SSSR count). The molecular weight excluding hydrogens is 867 g/mol. The van der Waals surface area contributed by atoms with Crippen LogP contribution in [-0.4, -0.2) is 0 Å². The molecule has 0 bridgehead atoms. The van der Waals surface area contributed by atoms with Gasteiger partial charge >= 0.3 is 0 Å². The van der Waals surface area contributed by atoms with Crippen LogP contribution >= 0.6 is 0 Å². The molecule has 0 atom stereocenters. The molecule has 1 heteroatoms. The van der Waals surface area contributed by atoms with Crippen molar-refractivity contribution in [2.75, 3.05) is 4.90 Å². The lowest BCUT2D eigenvalue weighted by atomic mass is 9.78. The summed E-state index contributed by atoms with van der Waals surface area (Å²) in [6.07, 6.45) is 0. The highest BCUT2D eigenvalue weighted by Gasteiger charge is 2.36. The average Bonchev–Trinajstić information content (AvgIpc) is 3.55. The fraction of sp³-hybridized carbons (Fsp3) is 0.324. The number of benzene rings is 8. The Hall–Kier alpha value is -6.44. The number of hydrogen-bond donors (Lipinski definition) is 0. The first kappa shape index (κ1) is 50.5. The monoisotopic (exact) mass is 946 g/mol. The van der Waals surface area contributed by atoms with Gasteiger partial charge in [-0.3, -0.25) is 0 Å².